The predicted molar refractivity (Wildman–Crippen MR) is 101 cm³/mol. The highest BCUT2D eigenvalue weighted by molar-refractivity contribution is 7.91. The number of hydrogen-bond donors (Lipinski definition) is 2. The molecule has 8 nitrogen and oxygen atoms in total. The third-order valence-corrected chi connectivity index (χ3v) is 5.88. The Bertz CT molecular complexity index is 978. The molecule has 2 aromatic rings. The maximum atomic E-state index is 12.2. The number of benzene rings is 2. The number of carbonyl (C=O) groups is 2. The average Bonchev–Trinajstić information content (AvgIpc) is 2.70. The molecule has 0 spiro atoms. The maximum absolute atomic E-state index is 12.2. The third-order valence-electron chi connectivity index (χ3n) is 3.90. The van der Waals surface area contributed by atoms with E-state index in [9.17, 15) is 18.0 Å². The van der Waals surface area contributed by atoms with Crippen LogP contribution in [0.5, 0.6) is 11.5 Å². The van der Waals surface area contributed by atoms with Crippen LogP contribution in [-0.2, 0) is 19.4 Å². The molecule has 2 N–H and O–H groups in total. The molecule has 0 saturated carbocycles. The zero-order valence-corrected chi connectivity index (χ0v) is 16.1. The van der Waals surface area contributed by atoms with Crippen molar-refractivity contribution in [3.63, 3.8) is 0 Å². The van der Waals surface area contributed by atoms with E-state index in [0.717, 1.165) is 0 Å². The normalized spacial score (nSPS) is 15.5. The van der Waals surface area contributed by atoms with Gasteiger partial charge >= 0.3 is 0 Å². The molecular formula is C18H17ClN2O6S. The van der Waals surface area contributed by atoms with E-state index in [1.165, 1.54) is 24.3 Å². The molecule has 0 bridgehead atoms. The van der Waals surface area contributed by atoms with Gasteiger partial charge in [-0.25, -0.2) is 8.42 Å². The third kappa shape index (κ3) is 4.93. The van der Waals surface area contributed by atoms with Crippen LogP contribution in [0.2, 0.25) is 5.02 Å². The molecular weight excluding hydrogens is 408 g/mol. The number of para-hydroxylation sites is 2. The molecule has 1 aliphatic heterocycles. The van der Waals surface area contributed by atoms with E-state index in [1.54, 1.807) is 24.3 Å². The van der Waals surface area contributed by atoms with Gasteiger partial charge in [0.1, 0.15) is 6.61 Å². The summed E-state index contributed by atoms with van der Waals surface area (Å²) in [4.78, 5) is 24.1. The minimum atomic E-state index is -3.64. The van der Waals surface area contributed by atoms with Gasteiger partial charge in [0.25, 0.3) is 5.91 Å². The topological polar surface area (TPSA) is 111 Å². The van der Waals surface area contributed by atoms with Crippen LogP contribution < -0.4 is 20.3 Å². The van der Waals surface area contributed by atoms with Gasteiger partial charge in [0.2, 0.25) is 12.0 Å². The van der Waals surface area contributed by atoms with Crippen molar-refractivity contribution in [1.29, 1.82) is 0 Å². The molecule has 1 aliphatic rings. The Balaban J connectivity index is 1.47. The maximum Gasteiger partial charge on any atom is 0.283 e. The number of halogens is 1. The lowest BCUT2D eigenvalue weighted by Gasteiger charge is -2.25. The molecule has 10 heteroatoms. The summed E-state index contributed by atoms with van der Waals surface area (Å²) in [7, 11) is -3.64. The summed E-state index contributed by atoms with van der Waals surface area (Å²) in [5.41, 5.74) is 4.39. The smallest absolute Gasteiger partial charge is 0.283 e. The molecule has 2 aromatic carbocycles. The molecule has 0 fully saturated rings. The van der Waals surface area contributed by atoms with Gasteiger partial charge < -0.3 is 9.47 Å². The van der Waals surface area contributed by atoms with Crippen LogP contribution in [0.1, 0.15) is 6.42 Å². The molecule has 28 heavy (non-hydrogen) atoms. The number of hydrogen-bond acceptors (Lipinski definition) is 6. The highest BCUT2D eigenvalue weighted by Gasteiger charge is 2.27. The fourth-order valence-corrected chi connectivity index (χ4v) is 3.78. The molecule has 1 heterocycles. The SMILES string of the molecule is O=C(CCS(=O)(=O)c1ccc(Cl)cc1)NNC(=O)[C@H]1COc2ccccc2O1. The zero-order valence-electron chi connectivity index (χ0n) is 14.6. The fraction of sp³-hybridized carbons (Fsp3) is 0.222. The van der Waals surface area contributed by atoms with Crippen LogP contribution in [-0.4, -0.2) is 38.7 Å². The van der Waals surface area contributed by atoms with Crippen LogP contribution >= 0.6 is 11.6 Å². The standard InChI is InChI=1S/C18H17ClN2O6S/c19-12-5-7-13(8-6-12)28(24,25)10-9-17(22)20-21-18(23)16-11-26-14-3-1-2-4-15(14)27-16/h1-8,16H,9-11H2,(H,20,22)(H,21,23)/t16-/m1/s1. The number of sulfone groups is 1. The molecule has 2 amide bonds. The van der Waals surface area contributed by atoms with E-state index in [-0.39, 0.29) is 17.9 Å². The van der Waals surface area contributed by atoms with Gasteiger partial charge in [-0.1, -0.05) is 23.7 Å². The molecule has 0 aliphatic carbocycles. The second kappa shape index (κ2) is 8.49. The van der Waals surface area contributed by atoms with Crippen molar-refractivity contribution >= 4 is 33.3 Å². The Hall–Kier alpha value is -2.78. The Morgan fingerprint density at radius 1 is 1.04 bits per heavy atom. The lowest BCUT2D eigenvalue weighted by atomic mass is 10.2. The minimum absolute atomic E-state index is 0.0103. The lowest BCUT2D eigenvalue weighted by molar-refractivity contribution is -0.135. The van der Waals surface area contributed by atoms with E-state index in [1.807, 2.05) is 0 Å². The summed E-state index contributed by atoms with van der Waals surface area (Å²) >= 11 is 5.73. The first kappa shape index (κ1) is 20.0. The van der Waals surface area contributed by atoms with Crippen molar-refractivity contribution in [2.24, 2.45) is 0 Å². The lowest BCUT2D eigenvalue weighted by Crippen LogP contribution is -2.51. The van der Waals surface area contributed by atoms with E-state index in [4.69, 9.17) is 21.1 Å². The molecule has 0 aromatic heterocycles. The Kier molecular flexibility index (Phi) is 6.05. The number of nitrogens with one attached hydrogen (secondary N) is 2. The van der Waals surface area contributed by atoms with Crippen molar-refractivity contribution in [3.05, 3.63) is 53.6 Å². The average molecular weight is 425 g/mol. The number of fused-ring (bicyclic) bond motifs is 1. The molecule has 0 saturated heterocycles. The molecule has 3 rings (SSSR count). The van der Waals surface area contributed by atoms with Crippen LogP contribution in [0.15, 0.2) is 53.4 Å². The minimum Gasteiger partial charge on any atom is -0.485 e. The quantitative estimate of drug-likeness (QED) is 0.703. The summed E-state index contributed by atoms with van der Waals surface area (Å²) in [5, 5.41) is 0.413. The summed E-state index contributed by atoms with van der Waals surface area (Å²) in [6.07, 6.45) is -1.26. The highest BCUT2D eigenvalue weighted by Crippen LogP contribution is 2.30. The van der Waals surface area contributed by atoms with Crippen molar-refractivity contribution in [3.8, 4) is 11.5 Å². The number of carbonyl (C=O) groups excluding carboxylic acids is 2. The highest BCUT2D eigenvalue weighted by atomic mass is 35.5. The van der Waals surface area contributed by atoms with Gasteiger partial charge in [-0.2, -0.15) is 0 Å². The number of ether oxygens (including phenoxy) is 2. The van der Waals surface area contributed by atoms with Crippen molar-refractivity contribution in [2.45, 2.75) is 17.4 Å². The van der Waals surface area contributed by atoms with Crippen molar-refractivity contribution < 1.29 is 27.5 Å². The Morgan fingerprint density at radius 2 is 1.71 bits per heavy atom. The van der Waals surface area contributed by atoms with Gasteiger partial charge in [-0.05, 0) is 36.4 Å². The van der Waals surface area contributed by atoms with Crippen LogP contribution in [0.4, 0.5) is 0 Å². The van der Waals surface area contributed by atoms with Crippen LogP contribution in [0.25, 0.3) is 0 Å². The van der Waals surface area contributed by atoms with Crippen molar-refractivity contribution in [2.75, 3.05) is 12.4 Å². The second-order valence-electron chi connectivity index (χ2n) is 5.92. The molecule has 0 radical (unpaired) electrons. The first-order valence-electron chi connectivity index (χ1n) is 8.31. The first-order chi connectivity index (χ1) is 13.3. The number of amides is 2. The van der Waals surface area contributed by atoms with Gasteiger partial charge in [0.05, 0.1) is 10.6 Å². The van der Waals surface area contributed by atoms with Gasteiger partial charge in [0.15, 0.2) is 21.3 Å². The van der Waals surface area contributed by atoms with Gasteiger partial charge in [0, 0.05) is 11.4 Å². The van der Waals surface area contributed by atoms with E-state index >= 15 is 0 Å². The van der Waals surface area contributed by atoms with Crippen LogP contribution in [0, 0.1) is 0 Å². The monoisotopic (exact) mass is 424 g/mol. The summed E-state index contributed by atoms with van der Waals surface area (Å²) < 4.78 is 35.3. The molecule has 1 atom stereocenters. The predicted octanol–water partition coefficient (Wildman–Crippen LogP) is 1.49. The largest absolute Gasteiger partial charge is 0.485 e. The first-order valence-corrected chi connectivity index (χ1v) is 10.3. The second-order valence-corrected chi connectivity index (χ2v) is 8.47. The number of hydrazine groups is 1. The molecule has 148 valence electrons. The number of rotatable bonds is 5. The summed E-state index contributed by atoms with van der Waals surface area (Å²) in [6.45, 7) is -0.0103. The van der Waals surface area contributed by atoms with E-state index < -0.39 is 33.5 Å². The zero-order chi connectivity index (χ0) is 20.1. The van der Waals surface area contributed by atoms with Gasteiger partial charge in [-0.3, -0.25) is 20.4 Å². The Morgan fingerprint density at radius 3 is 2.43 bits per heavy atom. The van der Waals surface area contributed by atoms with E-state index in [0.29, 0.717) is 16.5 Å². The molecule has 0 unspecified atom stereocenters. The van der Waals surface area contributed by atoms with Gasteiger partial charge in [-0.15, -0.1) is 0 Å². The summed E-state index contributed by atoms with van der Waals surface area (Å²) in [5.74, 6) is -0.712. The fourth-order valence-electron chi connectivity index (χ4n) is 2.41. The van der Waals surface area contributed by atoms with Crippen LogP contribution in [0.3, 0.4) is 0 Å². The summed E-state index contributed by atoms with van der Waals surface area (Å²) in [6, 6.07) is 12.6. The van der Waals surface area contributed by atoms with E-state index in [2.05, 4.69) is 10.9 Å². The van der Waals surface area contributed by atoms with Crippen molar-refractivity contribution in [1.82, 2.24) is 10.9 Å². The Labute approximate surface area is 166 Å².